The monoisotopic (exact) mass is 417 g/mol. The quantitative estimate of drug-likeness (QED) is 0.546. The van der Waals surface area contributed by atoms with Crippen molar-refractivity contribution in [2.24, 2.45) is 5.92 Å². The summed E-state index contributed by atoms with van der Waals surface area (Å²) in [5, 5.41) is 0.763. The van der Waals surface area contributed by atoms with E-state index in [2.05, 4.69) is 53.3 Å². The summed E-state index contributed by atoms with van der Waals surface area (Å²) in [7, 11) is 0. The normalized spacial score (nSPS) is 22.1. The molecule has 153 valence electrons. The number of aromatic nitrogens is 3. The van der Waals surface area contributed by atoms with Crippen molar-refractivity contribution in [1.29, 1.82) is 0 Å². The van der Waals surface area contributed by atoms with Gasteiger partial charge in [-0.25, -0.2) is 4.98 Å². The first-order valence-electron chi connectivity index (χ1n) is 10.6. The second-order valence-corrected chi connectivity index (χ2v) is 8.99. The van der Waals surface area contributed by atoms with Gasteiger partial charge in [0.2, 0.25) is 0 Å². The van der Waals surface area contributed by atoms with E-state index in [4.69, 9.17) is 16.6 Å². The number of benzene rings is 1. The fourth-order valence-electron chi connectivity index (χ4n) is 4.70. The number of imidazole rings is 1. The number of aryl methyl sites for hydroxylation is 1. The Morgan fingerprint density at radius 2 is 2.10 bits per heavy atom. The zero-order valence-electron chi connectivity index (χ0n) is 17.6. The summed E-state index contributed by atoms with van der Waals surface area (Å²) in [6.45, 7) is 7.57. The maximum absolute atomic E-state index is 6.35. The number of pyridine rings is 1. The second kappa shape index (κ2) is 7.59. The van der Waals surface area contributed by atoms with E-state index < -0.39 is 0 Å². The molecule has 5 rings (SSSR count). The van der Waals surface area contributed by atoms with E-state index in [9.17, 15) is 0 Å². The Labute approximate surface area is 182 Å². The van der Waals surface area contributed by atoms with Gasteiger partial charge in [0.1, 0.15) is 5.82 Å². The van der Waals surface area contributed by atoms with Crippen molar-refractivity contribution in [1.82, 2.24) is 19.9 Å². The number of nitrogens with zero attached hydrogens (tertiary/aromatic N) is 3. The molecule has 1 saturated heterocycles. The van der Waals surface area contributed by atoms with Crippen molar-refractivity contribution >= 4 is 28.2 Å². The number of allylic oxidation sites excluding steroid dienone is 3. The molecule has 1 fully saturated rings. The van der Waals surface area contributed by atoms with Crippen molar-refractivity contribution in [3.63, 3.8) is 0 Å². The molecule has 30 heavy (non-hydrogen) atoms. The van der Waals surface area contributed by atoms with E-state index in [0.717, 1.165) is 46.8 Å². The molecular weight excluding hydrogens is 392 g/mol. The third-order valence-corrected chi connectivity index (χ3v) is 6.74. The van der Waals surface area contributed by atoms with Gasteiger partial charge in [-0.1, -0.05) is 30.2 Å². The molecule has 3 aromatic rings. The van der Waals surface area contributed by atoms with E-state index in [1.807, 2.05) is 31.5 Å². The largest absolute Gasteiger partial charge is 0.361 e. The van der Waals surface area contributed by atoms with Crippen LogP contribution in [0.2, 0.25) is 5.02 Å². The van der Waals surface area contributed by atoms with Gasteiger partial charge >= 0.3 is 0 Å². The molecule has 3 heterocycles. The predicted molar refractivity (Wildman–Crippen MR) is 123 cm³/mol. The Kier molecular flexibility index (Phi) is 4.90. The number of H-pyrrole nitrogens is 1. The van der Waals surface area contributed by atoms with Crippen molar-refractivity contribution in [3.05, 3.63) is 82.4 Å². The third kappa shape index (κ3) is 3.33. The first-order chi connectivity index (χ1) is 14.5. The molecule has 2 aromatic heterocycles. The van der Waals surface area contributed by atoms with Gasteiger partial charge in [-0.2, -0.15) is 0 Å². The summed E-state index contributed by atoms with van der Waals surface area (Å²) in [6, 6.07) is 8.42. The second-order valence-electron chi connectivity index (χ2n) is 8.58. The van der Waals surface area contributed by atoms with Crippen LogP contribution in [-0.2, 0) is 0 Å². The minimum absolute atomic E-state index is 0.203. The predicted octanol–water partition coefficient (Wildman–Crippen LogP) is 6.27. The number of hydrogen-bond acceptors (Lipinski definition) is 3. The van der Waals surface area contributed by atoms with Crippen LogP contribution in [-0.4, -0.2) is 26.4 Å². The van der Waals surface area contributed by atoms with Gasteiger partial charge in [0.25, 0.3) is 0 Å². The molecule has 1 aromatic carbocycles. The van der Waals surface area contributed by atoms with Crippen molar-refractivity contribution < 1.29 is 0 Å². The molecule has 5 heteroatoms. The van der Waals surface area contributed by atoms with Crippen molar-refractivity contribution in [3.8, 4) is 0 Å². The molecule has 1 aliphatic carbocycles. The molecule has 1 radical (unpaired) electrons. The number of likely N-dealkylation sites (tertiary alicyclic amines) is 1. The van der Waals surface area contributed by atoms with Crippen molar-refractivity contribution in [2.75, 3.05) is 6.54 Å². The molecule has 1 N–H and O–H groups in total. The van der Waals surface area contributed by atoms with Crippen LogP contribution >= 0.6 is 11.6 Å². The first-order valence-corrected chi connectivity index (χ1v) is 11.0. The standard InChI is InChI=1S/C25H26ClN4/c1-15-6-7-19(18-5-4-9-27-14-18)23(11-15)30-10-8-16(2)24(30)25-28-21-12-17(3)20(26)13-22(21)29-25/h4-5,7,9,11-14,16,24H,6,8,10H2,1-3H3,(H,28,29)/t16-,24-/m0/s1. The lowest BCUT2D eigenvalue weighted by molar-refractivity contribution is 0.292. The lowest BCUT2D eigenvalue weighted by atomic mass is 9.91. The van der Waals surface area contributed by atoms with Gasteiger partial charge in [0, 0.05) is 29.7 Å². The maximum atomic E-state index is 6.35. The Hall–Kier alpha value is -2.59. The summed E-state index contributed by atoms with van der Waals surface area (Å²) in [6.07, 6.45) is 10.6. The fraction of sp³-hybridized carbons (Fsp3) is 0.320. The summed E-state index contributed by atoms with van der Waals surface area (Å²) in [5.41, 5.74) is 8.14. The molecule has 0 spiro atoms. The van der Waals surface area contributed by atoms with Crippen molar-refractivity contribution in [2.45, 2.75) is 39.7 Å². The number of hydrogen-bond donors (Lipinski definition) is 1. The van der Waals surface area contributed by atoms with Crippen LogP contribution in [0.15, 0.2) is 54.0 Å². The molecule has 2 aliphatic rings. The van der Waals surface area contributed by atoms with Crippen LogP contribution in [0.5, 0.6) is 0 Å². The zero-order valence-corrected chi connectivity index (χ0v) is 18.4. The summed E-state index contributed by atoms with van der Waals surface area (Å²) < 4.78 is 0. The van der Waals surface area contributed by atoms with E-state index in [0.29, 0.717) is 5.92 Å². The lowest BCUT2D eigenvalue weighted by Crippen LogP contribution is -2.27. The van der Waals surface area contributed by atoms with Crippen LogP contribution in [0, 0.1) is 19.3 Å². The van der Waals surface area contributed by atoms with Gasteiger partial charge in [-0.15, -0.1) is 0 Å². The molecule has 2 atom stereocenters. The van der Waals surface area contributed by atoms with Gasteiger partial charge < -0.3 is 9.88 Å². The number of nitrogens with one attached hydrogen (secondary N) is 1. The molecule has 4 nitrogen and oxygen atoms in total. The van der Waals surface area contributed by atoms with Crippen LogP contribution in [0.1, 0.15) is 49.7 Å². The van der Waals surface area contributed by atoms with E-state index >= 15 is 0 Å². The summed E-state index contributed by atoms with van der Waals surface area (Å²) >= 11 is 6.35. The molecule has 0 bridgehead atoms. The summed E-state index contributed by atoms with van der Waals surface area (Å²) in [5.74, 6) is 1.52. The molecular formula is C25H26ClN4. The highest BCUT2D eigenvalue weighted by molar-refractivity contribution is 6.32. The molecule has 0 unspecified atom stereocenters. The Morgan fingerprint density at radius 1 is 1.23 bits per heavy atom. The molecule has 1 aliphatic heterocycles. The number of aromatic amines is 1. The lowest BCUT2D eigenvalue weighted by Gasteiger charge is -2.32. The number of halogens is 1. The topological polar surface area (TPSA) is 44.8 Å². The highest BCUT2D eigenvalue weighted by Crippen LogP contribution is 2.43. The van der Waals surface area contributed by atoms with E-state index in [1.165, 1.54) is 22.4 Å². The smallest absolute Gasteiger partial charge is 0.130 e. The van der Waals surface area contributed by atoms with Gasteiger partial charge in [-0.3, -0.25) is 4.98 Å². The molecule has 0 amide bonds. The third-order valence-electron chi connectivity index (χ3n) is 6.33. The summed E-state index contributed by atoms with van der Waals surface area (Å²) in [4.78, 5) is 15.4. The van der Waals surface area contributed by atoms with Crippen LogP contribution in [0.3, 0.4) is 0 Å². The Bertz CT molecular complexity index is 1120. The maximum Gasteiger partial charge on any atom is 0.130 e. The average Bonchev–Trinajstić information content (AvgIpc) is 3.31. The highest BCUT2D eigenvalue weighted by Gasteiger charge is 2.37. The van der Waals surface area contributed by atoms with Gasteiger partial charge in [-0.05, 0) is 80.0 Å². The fourth-order valence-corrected chi connectivity index (χ4v) is 4.85. The van der Waals surface area contributed by atoms with Crippen LogP contribution in [0.25, 0.3) is 16.6 Å². The zero-order chi connectivity index (χ0) is 20.8. The highest BCUT2D eigenvalue weighted by atomic mass is 35.5. The van der Waals surface area contributed by atoms with E-state index in [-0.39, 0.29) is 6.04 Å². The SMILES string of the molecule is CC1=CC(N2CC[C@H](C)[C@H]2c2nc3cc(Cl)c(C)cc3[nH]2)=C(c2cccnc2)[CH]C1. The first kappa shape index (κ1) is 19.4. The Morgan fingerprint density at radius 3 is 2.90 bits per heavy atom. The van der Waals surface area contributed by atoms with Crippen LogP contribution < -0.4 is 0 Å². The minimum atomic E-state index is 0.203. The van der Waals surface area contributed by atoms with Gasteiger partial charge in [0.05, 0.1) is 17.1 Å². The Balaban J connectivity index is 1.61. The number of rotatable bonds is 3. The van der Waals surface area contributed by atoms with Gasteiger partial charge in [0.15, 0.2) is 0 Å². The molecule has 0 saturated carbocycles. The minimum Gasteiger partial charge on any atom is -0.361 e. The number of fused-ring (bicyclic) bond motifs is 1. The van der Waals surface area contributed by atoms with E-state index in [1.54, 1.807) is 0 Å². The van der Waals surface area contributed by atoms with Crippen LogP contribution in [0.4, 0.5) is 0 Å². The average molecular weight is 418 g/mol.